The zero-order valence-electron chi connectivity index (χ0n) is 18.8. The summed E-state index contributed by atoms with van der Waals surface area (Å²) >= 11 is 0. The van der Waals surface area contributed by atoms with Gasteiger partial charge in [-0.3, -0.25) is 4.79 Å². The SMILES string of the molecule is CCNC(=NCc1cccc(NC(=O)C2CCCO2)c1)NCC(C)(C)c1ccccc1. The van der Waals surface area contributed by atoms with Gasteiger partial charge in [0, 0.05) is 30.8 Å². The van der Waals surface area contributed by atoms with Crippen LogP contribution < -0.4 is 16.0 Å². The second kappa shape index (κ2) is 11.0. The van der Waals surface area contributed by atoms with Crippen molar-refractivity contribution in [2.45, 2.75) is 51.7 Å². The number of carbonyl (C=O) groups is 1. The number of ether oxygens (including phenoxy) is 1. The Kier molecular flexibility index (Phi) is 8.06. The molecule has 31 heavy (non-hydrogen) atoms. The summed E-state index contributed by atoms with van der Waals surface area (Å²) in [4.78, 5) is 17.0. The van der Waals surface area contributed by atoms with E-state index in [2.05, 4.69) is 61.0 Å². The standard InChI is InChI=1S/C25H34N4O2/c1-4-26-24(28-18-25(2,3)20-11-6-5-7-12-20)27-17-19-10-8-13-21(16-19)29-23(30)22-14-9-15-31-22/h5-8,10-13,16,22H,4,9,14-15,17-18H2,1-3H3,(H,29,30)(H2,26,27,28). The van der Waals surface area contributed by atoms with Crippen LogP contribution in [0.5, 0.6) is 0 Å². The fraction of sp³-hybridized carbons (Fsp3) is 0.440. The van der Waals surface area contributed by atoms with Crippen molar-refractivity contribution in [3.63, 3.8) is 0 Å². The molecule has 0 bridgehead atoms. The molecule has 0 spiro atoms. The number of guanidine groups is 1. The molecule has 6 heteroatoms. The van der Waals surface area contributed by atoms with Crippen molar-refractivity contribution in [1.82, 2.24) is 10.6 Å². The molecular weight excluding hydrogens is 388 g/mol. The van der Waals surface area contributed by atoms with Crippen LogP contribution in [0.15, 0.2) is 59.6 Å². The van der Waals surface area contributed by atoms with Gasteiger partial charge in [-0.1, -0.05) is 56.3 Å². The molecule has 1 atom stereocenters. The van der Waals surface area contributed by atoms with Crippen LogP contribution in [0.1, 0.15) is 44.7 Å². The molecule has 1 saturated heterocycles. The van der Waals surface area contributed by atoms with E-state index in [1.807, 2.05) is 30.3 Å². The van der Waals surface area contributed by atoms with Gasteiger partial charge in [-0.25, -0.2) is 4.99 Å². The fourth-order valence-electron chi connectivity index (χ4n) is 3.56. The minimum Gasteiger partial charge on any atom is -0.368 e. The van der Waals surface area contributed by atoms with Gasteiger partial charge in [0.05, 0.1) is 6.54 Å². The highest BCUT2D eigenvalue weighted by Gasteiger charge is 2.23. The van der Waals surface area contributed by atoms with Gasteiger partial charge >= 0.3 is 0 Å². The summed E-state index contributed by atoms with van der Waals surface area (Å²) in [5.74, 6) is 0.705. The summed E-state index contributed by atoms with van der Waals surface area (Å²) < 4.78 is 5.46. The summed E-state index contributed by atoms with van der Waals surface area (Å²) in [6, 6.07) is 18.3. The van der Waals surface area contributed by atoms with Crippen molar-refractivity contribution in [3.05, 3.63) is 65.7 Å². The van der Waals surface area contributed by atoms with Gasteiger partial charge in [-0.2, -0.15) is 0 Å². The van der Waals surface area contributed by atoms with E-state index >= 15 is 0 Å². The number of benzene rings is 2. The van der Waals surface area contributed by atoms with Gasteiger partial charge in [-0.05, 0) is 43.0 Å². The van der Waals surface area contributed by atoms with Crippen molar-refractivity contribution >= 4 is 17.6 Å². The monoisotopic (exact) mass is 422 g/mol. The van der Waals surface area contributed by atoms with E-state index in [1.165, 1.54) is 5.56 Å². The van der Waals surface area contributed by atoms with Crippen LogP contribution in [-0.2, 0) is 21.5 Å². The molecule has 2 aromatic rings. The fourth-order valence-corrected chi connectivity index (χ4v) is 3.56. The number of hydrogen-bond donors (Lipinski definition) is 3. The second-order valence-electron chi connectivity index (χ2n) is 8.49. The van der Waals surface area contributed by atoms with Gasteiger partial charge in [-0.15, -0.1) is 0 Å². The highest BCUT2D eigenvalue weighted by atomic mass is 16.5. The largest absolute Gasteiger partial charge is 0.368 e. The number of nitrogens with zero attached hydrogens (tertiary/aromatic N) is 1. The van der Waals surface area contributed by atoms with Gasteiger partial charge in [0.2, 0.25) is 0 Å². The van der Waals surface area contributed by atoms with E-state index < -0.39 is 0 Å². The average molecular weight is 423 g/mol. The number of aliphatic imine (C=N–C) groups is 1. The molecule has 0 aliphatic carbocycles. The summed E-state index contributed by atoms with van der Waals surface area (Å²) in [7, 11) is 0. The molecule has 1 fully saturated rings. The Balaban J connectivity index is 1.60. The summed E-state index contributed by atoms with van der Waals surface area (Å²) in [6.07, 6.45) is 1.39. The number of amides is 1. The van der Waals surface area contributed by atoms with Crippen LogP contribution in [0.4, 0.5) is 5.69 Å². The number of carbonyl (C=O) groups excluding carboxylic acids is 1. The van der Waals surface area contributed by atoms with Crippen molar-refractivity contribution < 1.29 is 9.53 Å². The van der Waals surface area contributed by atoms with E-state index in [1.54, 1.807) is 0 Å². The number of hydrogen-bond acceptors (Lipinski definition) is 3. The first-order chi connectivity index (χ1) is 15.0. The third kappa shape index (κ3) is 6.82. The van der Waals surface area contributed by atoms with Crippen molar-refractivity contribution in [1.29, 1.82) is 0 Å². The molecular formula is C25H34N4O2. The second-order valence-corrected chi connectivity index (χ2v) is 8.49. The molecule has 1 aliphatic rings. The van der Waals surface area contributed by atoms with Crippen molar-refractivity contribution in [3.8, 4) is 0 Å². The number of anilines is 1. The summed E-state index contributed by atoms with van der Waals surface area (Å²) in [5, 5.41) is 9.74. The van der Waals surface area contributed by atoms with Crippen LogP contribution in [0.3, 0.4) is 0 Å². The Morgan fingerprint density at radius 3 is 2.65 bits per heavy atom. The lowest BCUT2D eigenvalue weighted by Crippen LogP contribution is -2.43. The highest BCUT2D eigenvalue weighted by molar-refractivity contribution is 5.94. The Morgan fingerprint density at radius 2 is 1.94 bits per heavy atom. The summed E-state index contributed by atoms with van der Waals surface area (Å²) in [6.45, 7) is 9.23. The molecule has 1 aliphatic heterocycles. The molecule has 0 saturated carbocycles. The number of rotatable bonds is 8. The van der Waals surface area contributed by atoms with E-state index in [-0.39, 0.29) is 17.4 Å². The van der Waals surface area contributed by atoms with Gasteiger partial charge < -0.3 is 20.7 Å². The minimum atomic E-state index is -0.334. The van der Waals surface area contributed by atoms with Crippen LogP contribution in [0.2, 0.25) is 0 Å². The van der Waals surface area contributed by atoms with Crippen LogP contribution in [0.25, 0.3) is 0 Å². The molecule has 1 heterocycles. The normalized spacial score (nSPS) is 16.7. The predicted octanol–water partition coefficient (Wildman–Crippen LogP) is 3.84. The smallest absolute Gasteiger partial charge is 0.253 e. The molecule has 1 unspecified atom stereocenters. The lowest BCUT2D eigenvalue weighted by molar-refractivity contribution is -0.124. The molecule has 0 aromatic heterocycles. The van der Waals surface area contributed by atoms with E-state index in [0.29, 0.717) is 13.2 Å². The molecule has 3 N–H and O–H groups in total. The van der Waals surface area contributed by atoms with Crippen molar-refractivity contribution in [2.75, 3.05) is 25.0 Å². The topological polar surface area (TPSA) is 74.8 Å². The maximum absolute atomic E-state index is 12.3. The first-order valence-corrected chi connectivity index (χ1v) is 11.1. The lowest BCUT2D eigenvalue weighted by atomic mass is 9.85. The zero-order valence-corrected chi connectivity index (χ0v) is 18.8. The maximum Gasteiger partial charge on any atom is 0.253 e. The average Bonchev–Trinajstić information content (AvgIpc) is 3.32. The van der Waals surface area contributed by atoms with E-state index in [4.69, 9.17) is 9.73 Å². The van der Waals surface area contributed by atoms with E-state index in [0.717, 1.165) is 43.1 Å². The van der Waals surface area contributed by atoms with E-state index in [9.17, 15) is 4.79 Å². The minimum absolute atomic E-state index is 0.0238. The number of nitrogens with one attached hydrogen (secondary N) is 3. The quantitative estimate of drug-likeness (QED) is 0.446. The Labute approximate surface area is 185 Å². The van der Waals surface area contributed by atoms with Crippen LogP contribution in [0, 0.1) is 0 Å². The molecule has 3 rings (SSSR count). The summed E-state index contributed by atoms with van der Waals surface area (Å²) in [5.41, 5.74) is 3.07. The predicted molar refractivity (Wildman–Crippen MR) is 126 cm³/mol. The van der Waals surface area contributed by atoms with Crippen LogP contribution in [-0.4, -0.2) is 37.7 Å². The molecule has 2 aromatic carbocycles. The van der Waals surface area contributed by atoms with Crippen LogP contribution >= 0.6 is 0 Å². The Bertz CT molecular complexity index is 874. The first-order valence-electron chi connectivity index (χ1n) is 11.1. The lowest BCUT2D eigenvalue weighted by Gasteiger charge is -2.26. The van der Waals surface area contributed by atoms with Gasteiger partial charge in [0.15, 0.2) is 5.96 Å². The third-order valence-electron chi connectivity index (χ3n) is 5.43. The highest BCUT2D eigenvalue weighted by Crippen LogP contribution is 2.21. The Hall–Kier alpha value is -2.86. The van der Waals surface area contributed by atoms with Gasteiger partial charge in [0.1, 0.15) is 6.10 Å². The molecule has 0 radical (unpaired) electrons. The maximum atomic E-state index is 12.3. The molecule has 166 valence electrons. The van der Waals surface area contributed by atoms with Gasteiger partial charge in [0.25, 0.3) is 5.91 Å². The Morgan fingerprint density at radius 1 is 1.13 bits per heavy atom. The zero-order chi connectivity index (χ0) is 22.1. The first kappa shape index (κ1) is 22.8. The molecule has 6 nitrogen and oxygen atoms in total. The third-order valence-corrected chi connectivity index (χ3v) is 5.43. The van der Waals surface area contributed by atoms with Crippen molar-refractivity contribution in [2.24, 2.45) is 4.99 Å². The molecule has 1 amide bonds.